The van der Waals surface area contributed by atoms with Gasteiger partial charge in [-0.1, -0.05) is 109 Å². The number of methoxy groups -OCH3 is 1. The average molecular weight is 551 g/mol. The number of piperidine rings is 1. The predicted octanol–water partition coefficient (Wildman–Crippen LogP) is 6.39. The minimum absolute atomic E-state index is 0.0812. The second-order valence-electron chi connectivity index (χ2n) is 10.0. The molecule has 1 saturated heterocycles. The first-order valence-corrected chi connectivity index (χ1v) is 14.4. The van der Waals surface area contributed by atoms with Crippen molar-refractivity contribution >= 4 is 28.9 Å². The van der Waals surface area contributed by atoms with Gasteiger partial charge in [0.05, 0.1) is 12.6 Å². The molecule has 0 aliphatic carbocycles. The first kappa shape index (κ1) is 27.7. The second kappa shape index (κ2) is 12.5. The van der Waals surface area contributed by atoms with Gasteiger partial charge in [-0.3, -0.25) is 14.5 Å². The van der Waals surface area contributed by atoms with Crippen molar-refractivity contribution in [3.63, 3.8) is 0 Å². The van der Waals surface area contributed by atoms with Gasteiger partial charge in [-0.05, 0) is 40.3 Å². The van der Waals surface area contributed by atoms with Gasteiger partial charge in [-0.2, -0.15) is 0 Å². The summed E-state index contributed by atoms with van der Waals surface area (Å²) < 4.78 is 6.66. The number of likely N-dealkylation sites (tertiary alicyclic amines) is 1. The fourth-order valence-corrected chi connectivity index (χ4v) is 6.69. The Kier molecular flexibility index (Phi) is 8.68. The summed E-state index contributed by atoms with van der Waals surface area (Å²) >= 11 is 1.41. The highest BCUT2D eigenvalue weighted by Gasteiger charge is 2.44. The third-order valence-corrected chi connectivity index (χ3v) is 8.63. The average Bonchev–Trinajstić information content (AvgIpc) is 3.42. The highest BCUT2D eigenvalue weighted by molar-refractivity contribution is 8.14. The van der Waals surface area contributed by atoms with Gasteiger partial charge in [0.15, 0.2) is 5.12 Å². The zero-order valence-electron chi connectivity index (χ0n) is 22.9. The molecule has 1 aromatic heterocycles. The van der Waals surface area contributed by atoms with Gasteiger partial charge in [0.2, 0.25) is 0 Å². The smallest absolute Gasteiger partial charge is 0.325 e. The lowest BCUT2D eigenvalue weighted by Gasteiger charge is -2.49. The molecule has 5 nitrogen and oxygen atoms in total. The van der Waals surface area contributed by atoms with Crippen LogP contribution in [-0.2, 0) is 26.4 Å². The molecule has 3 aromatic carbocycles. The summed E-state index contributed by atoms with van der Waals surface area (Å²) in [6.45, 7) is 3.32. The van der Waals surface area contributed by atoms with Gasteiger partial charge < -0.3 is 9.30 Å². The third kappa shape index (κ3) is 5.83. The number of hydrogen-bond donors (Lipinski definition) is 0. The summed E-state index contributed by atoms with van der Waals surface area (Å²) in [5.41, 5.74) is 5.27. The van der Waals surface area contributed by atoms with Crippen LogP contribution >= 0.6 is 11.8 Å². The van der Waals surface area contributed by atoms with E-state index >= 15 is 0 Å². The van der Waals surface area contributed by atoms with Gasteiger partial charge in [0, 0.05) is 37.7 Å². The van der Waals surface area contributed by atoms with Crippen molar-refractivity contribution in [3.8, 4) is 0 Å². The van der Waals surface area contributed by atoms with Gasteiger partial charge in [-0.25, -0.2) is 0 Å². The number of benzene rings is 3. The number of thioether (sulfide) groups is 1. The van der Waals surface area contributed by atoms with Crippen LogP contribution in [0.15, 0.2) is 115 Å². The van der Waals surface area contributed by atoms with Crippen molar-refractivity contribution in [2.75, 3.05) is 20.2 Å². The predicted molar refractivity (Wildman–Crippen MR) is 162 cm³/mol. The summed E-state index contributed by atoms with van der Waals surface area (Å²) in [6.07, 6.45) is 6.87. The Bertz CT molecular complexity index is 1370. The third-order valence-electron chi connectivity index (χ3n) is 7.47. The minimum Gasteiger partial charge on any atom is -0.468 e. The number of hydrogen-bond acceptors (Lipinski definition) is 5. The number of carbonyl (C=O) groups is 2. The number of aromatic nitrogens is 1. The summed E-state index contributed by atoms with van der Waals surface area (Å²) in [5.74, 6) is -0.290. The minimum atomic E-state index is -0.522. The molecule has 1 aliphatic rings. The molecule has 2 heterocycles. The molecule has 0 spiro atoms. The van der Waals surface area contributed by atoms with Crippen LogP contribution < -0.4 is 0 Å². The van der Waals surface area contributed by atoms with E-state index in [1.54, 1.807) is 6.92 Å². The topological polar surface area (TPSA) is 51.5 Å². The number of rotatable bonds is 8. The quantitative estimate of drug-likeness (QED) is 0.188. The normalized spacial score (nSPS) is 17.1. The first-order chi connectivity index (χ1) is 19.5. The fraction of sp³-hybridized carbons (Fsp3) is 0.235. The molecule has 6 heteroatoms. The second-order valence-corrected chi connectivity index (χ2v) is 11.4. The molecule has 1 fully saturated rings. The molecule has 1 aliphatic heterocycles. The zero-order chi connectivity index (χ0) is 28.0. The van der Waals surface area contributed by atoms with Crippen LogP contribution in [0.1, 0.15) is 35.6 Å². The van der Waals surface area contributed by atoms with Crippen molar-refractivity contribution in [3.05, 3.63) is 137 Å². The van der Waals surface area contributed by atoms with Crippen LogP contribution in [0.25, 0.3) is 6.08 Å². The Balaban J connectivity index is 1.63. The summed E-state index contributed by atoms with van der Waals surface area (Å²) in [6, 6.07) is 34.1. The highest BCUT2D eigenvalue weighted by Crippen LogP contribution is 2.45. The fourth-order valence-electron chi connectivity index (χ4n) is 5.78. The molecule has 0 N–H and O–H groups in total. The summed E-state index contributed by atoms with van der Waals surface area (Å²) in [5, 5.41) is 0.200. The Morgan fingerprint density at radius 3 is 1.95 bits per heavy atom. The summed E-state index contributed by atoms with van der Waals surface area (Å²) in [7, 11) is 1.40. The molecule has 0 saturated carbocycles. The Labute approximate surface area is 240 Å². The first-order valence-electron chi connectivity index (χ1n) is 13.5. The molecule has 40 heavy (non-hydrogen) atoms. The molecule has 1 atom stereocenters. The molecule has 5 rings (SSSR count). The van der Waals surface area contributed by atoms with Gasteiger partial charge in [0.1, 0.15) is 6.54 Å². The monoisotopic (exact) mass is 550 g/mol. The molecule has 0 amide bonds. The van der Waals surface area contributed by atoms with E-state index in [0.29, 0.717) is 6.54 Å². The van der Waals surface area contributed by atoms with Gasteiger partial charge >= 0.3 is 5.97 Å². The molecule has 1 unspecified atom stereocenters. The largest absolute Gasteiger partial charge is 0.468 e. The molecular formula is C34H34N2O3S. The Hall–Kier alpha value is -3.87. The molecule has 4 aromatic rings. The van der Waals surface area contributed by atoms with E-state index in [2.05, 4.69) is 102 Å². The van der Waals surface area contributed by atoms with Crippen LogP contribution in [0, 0.1) is 0 Å². The molecular weight excluding hydrogens is 516 g/mol. The van der Waals surface area contributed by atoms with E-state index in [4.69, 9.17) is 4.74 Å². The van der Waals surface area contributed by atoms with Crippen LogP contribution in [0.3, 0.4) is 0 Å². The number of ether oxygens (including phenoxy) is 1. The van der Waals surface area contributed by atoms with Crippen molar-refractivity contribution in [1.82, 2.24) is 9.47 Å². The number of carbonyl (C=O) groups excluding carboxylic acids is 2. The zero-order valence-corrected chi connectivity index (χ0v) is 23.7. The van der Waals surface area contributed by atoms with Crippen molar-refractivity contribution in [2.24, 2.45) is 0 Å². The Morgan fingerprint density at radius 1 is 0.900 bits per heavy atom. The summed E-state index contributed by atoms with van der Waals surface area (Å²) in [4.78, 5) is 26.6. The van der Waals surface area contributed by atoms with Crippen molar-refractivity contribution in [1.29, 1.82) is 0 Å². The van der Waals surface area contributed by atoms with E-state index < -0.39 is 5.54 Å². The SMILES string of the molecule is COC(=O)Cn1ccc(/C=C2\CN(C(c3ccccc3)(c3ccccc3)c3ccccc3)CCC2SC(C)=O)c1. The van der Waals surface area contributed by atoms with Crippen LogP contribution in [0.4, 0.5) is 0 Å². The molecule has 0 bridgehead atoms. The maximum Gasteiger partial charge on any atom is 0.325 e. The molecule has 0 radical (unpaired) electrons. The van der Waals surface area contributed by atoms with E-state index in [-0.39, 0.29) is 22.9 Å². The lowest BCUT2D eigenvalue weighted by Crippen LogP contribution is -2.52. The maximum absolute atomic E-state index is 12.3. The van der Waals surface area contributed by atoms with E-state index in [9.17, 15) is 9.59 Å². The number of esters is 1. The maximum atomic E-state index is 12.3. The van der Waals surface area contributed by atoms with Gasteiger partial charge in [0.25, 0.3) is 0 Å². The Morgan fingerprint density at radius 2 is 1.45 bits per heavy atom. The van der Waals surface area contributed by atoms with Gasteiger partial charge in [-0.15, -0.1) is 0 Å². The number of nitrogens with zero attached hydrogens (tertiary/aromatic N) is 2. The van der Waals surface area contributed by atoms with Crippen LogP contribution in [0.2, 0.25) is 0 Å². The lowest BCUT2D eigenvalue weighted by atomic mass is 9.74. The van der Waals surface area contributed by atoms with Crippen LogP contribution in [-0.4, -0.2) is 46.0 Å². The highest BCUT2D eigenvalue weighted by atomic mass is 32.2. The lowest BCUT2D eigenvalue weighted by molar-refractivity contribution is -0.141. The molecule has 204 valence electrons. The van der Waals surface area contributed by atoms with Crippen LogP contribution in [0.5, 0.6) is 0 Å². The standard InChI is InChI=1S/C34H34N2O3S/c1-26(37)40-32-19-21-36(24-28(32)22-27-18-20-35(23-27)25-33(38)39-2)34(29-12-6-3-7-13-29,30-14-8-4-9-15-30)31-16-10-5-11-17-31/h3-18,20,22-23,32H,19,21,24-25H2,1-2H3/b28-22+. The van der Waals surface area contributed by atoms with E-state index in [1.165, 1.54) is 41.1 Å². The van der Waals surface area contributed by atoms with Crippen molar-refractivity contribution < 1.29 is 14.3 Å². The van der Waals surface area contributed by atoms with Crippen molar-refractivity contribution in [2.45, 2.75) is 30.7 Å². The van der Waals surface area contributed by atoms with E-state index in [0.717, 1.165) is 18.5 Å². The van der Waals surface area contributed by atoms with E-state index in [1.807, 2.05) is 23.0 Å².